The third kappa shape index (κ3) is 10.2. The maximum atomic E-state index is 2.39. The van der Waals surface area contributed by atoms with Crippen molar-refractivity contribution in [2.24, 2.45) is 5.41 Å². The first kappa shape index (κ1) is 11.2. The van der Waals surface area contributed by atoms with Crippen molar-refractivity contribution in [3.05, 3.63) is 0 Å². The summed E-state index contributed by atoms with van der Waals surface area (Å²) in [6.07, 6.45) is 2.81. The van der Waals surface area contributed by atoms with Gasteiger partial charge in [-0.1, -0.05) is 27.2 Å². The van der Waals surface area contributed by atoms with Gasteiger partial charge in [-0.2, -0.15) is 0 Å². The van der Waals surface area contributed by atoms with Crippen LogP contribution in [0.4, 0.5) is 0 Å². The second-order valence-electron chi connectivity index (χ2n) is 4.82. The molecule has 0 aromatic carbocycles. The molecule has 0 saturated heterocycles. The van der Waals surface area contributed by atoms with Gasteiger partial charge in [-0.15, -0.1) is 0 Å². The molecular weight excluding hydrogens is 150 g/mol. The van der Waals surface area contributed by atoms with Gasteiger partial charge >= 0.3 is 0 Å². The third-order valence-electron chi connectivity index (χ3n) is 1.78. The summed E-state index contributed by atoms with van der Waals surface area (Å²) in [6.45, 7) is 6.97. The Labute approximate surface area is 74.1 Å². The molecule has 0 heterocycles. The Kier molecular flexibility index (Phi) is 5.02. The van der Waals surface area contributed by atoms with Gasteiger partial charge in [-0.25, -0.2) is 0 Å². The normalized spacial score (nSPS) is 13.6. The summed E-state index contributed by atoms with van der Waals surface area (Å²) >= 11 is 0. The summed E-state index contributed by atoms with van der Waals surface area (Å²) < 4.78 is 2.39. The molecule has 0 bridgehead atoms. The molecule has 1 nitrogen and oxygen atoms in total. The molecule has 0 aromatic rings. The summed E-state index contributed by atoms with van der Waals surface area (Å²) in [5.41, 5.74) is 0.542. The molecule has 0 aromatic heterocycles. The van der Waals surface area contributed by atoms with Crippen LogP contribution >= 0.6 is 0 Å². The molecule has 0 amide bonds. The predicted octanol–water partition coefficient (Wildman–Crippen LogP) is 1.88. The molecule has 0 aliphatic carbocycles. The van der Waals surface area contributed by atoms with Gasteiger partial charge in [0.25, 0.3) is 0 Å². The van der Waals surface area contributed by atoms with Crippen LogP contribution in [0, 0.1) is 5.41 Å². The fraction of sp³-hybridized carbons (Fsp3) is 1.00. The van der Waals surface area contributed by atoms with E-state index >= 15 is 0 Å². The molecule has 0 spiro atoms. The van der Waals surface area contributed by atoms with E-state index in [2.05, 4.69) is 39.4 Å². The quantitative estimate of drug-likeness (QED) is 0.463. The molecule has 68 valence electrons. The molecule has 11 heavy (non-hydrogen) atoms. The molecule has 0 atom stereocenters. The lowest BCUT2D eigenvalue weighted by Crippen LogP contribution is -2.17. The number of hydrogen-bond donors (Lipinski definition) is 0. The van der Waals surface area contributed by atoms with Crippen LogP contribution in [0.3, 0.4) is 0 Å². The molecule has 0 N–H and O–H groups in total. The van der Waals surface area contributed by atoms with Crippen LogP contribution < -0.4 is 0 Å². The zero-order valence-electron chi connectivity index (χ0n) is 8.78. The van der Waals surface area contributed by atoms with Crippen LogP contribution in [0.25, 0.3) is 0 Å². The number of nitrogens with zero attached hydrogens (tertiary/aromatic N) is 1. The van der Waals surface area contributed by atoms with Gasteiger partial charge in [0.2, 0.25) is 0 Å². The van der Waals surface area contributed by atoms with Crippen LogP contribution in [0.5, 0.6) is 0 Å². The number of hydrogen-bond acceptors (Lipinski definition) is 1. The molecule has 0 aliphatic rings. The molecule has 0 saturated carbocycles. The van der Waals surface area contributed by atoms with E-state index in [1.165, 1.54) is 18.9 Å². The van der Waals surface area contributed by atoms with Crippen LogP contribution in [0.1, 0.15) is 33.6 Å². The Morgan fingerprint density at radius 2 is 1.73 bits per heavy atom. The second-order valence-corrected chi connectivity index (χ2v) is 7.24. The monoisotopic (exact) mass is 173 g/mol. The lowest BCUT2D eigenvalue weighted by atomic mass is 9.91. The van der Waals surface area contributed by atoms with Gasteiger partial charge in [0, 0.05) is 0 Å². The minimum atomic E-state index is 0.110. The van der Waals surface area contributed by atoms with E-state index in [-0.39, 0.29) is 9.68 Å². The van der Waals surface area contributed by atoms with Crippen molar-refractivity contribution in [2.45, 2.75) is 39.7 Å². The second kappa shape index (κ2) is 4.94. The van der Waals surface area contributed by atoms with Crippen LogP contribution in [-0.2, 0) is 0 Å². The van der Waals surface area contributed by atoms with Crippen molar-refractivity contribution in [3.63, 3.8) is 0 Å². The fourth-order valence-corrected chi connectivity index (χ4v) is 2.19. The standard InChI is InChI=1S/C9H23NSi/c1-9(2,3)7-6-8-11-10(4)5/h6-8,11H2,1-5H3. The van der Waals surface area contributed by atoms with Gasteiger partial charge in [-0.05, 0) is 32.0 Å². The van der Waals surface area contributed by atoms with E-state index in [1.807, 2.05) is 0 Å². The van der Waals surface area contributed by atoms with E-state index in [0.29, 0.717) is 5.41 Å². The summed E-state index contributed by atoms with van der Waals surface area (Å²) in [7, 11) is 4.51. The van der Waals surface area contributed by atoms with Crippen LogP contribution in [0.15, 0.2) is 0 Å². The molecule has 0 aliphatic heterocycles. The first-order valence-corrected chi connectivity index (χ1v) is 6.20. The lowest BCUT2D eigenvalue weighted by molar-refractivity contribution is 0.372. The minimum absolute atomic E-state index is 0.110. The van der Waals surface area contributed by atoms with E-state index in [4.69, 9.17) is 0 Å². The first-order valence-electron chi connectivity index (χ1n) is 4.56. The summed E-state index contributed by atoms with van der Waals surface area (Å²) in [5.74, 6) is 0. The van der Waals surface area contributed by atoms with Gasteiger partial charge in [0.1, 0.15) is 0 Å². The SMILES string of the molecule is CN(C)[SiH2]CCCC(C)(C)C. The smallest absolute Gasteiger partial charge is 0.0943 e. The Bertz CT molecular complexity index is 94.2. The van der Waals surface area contributed by atoms with E-state index in [0.717, 1.165) is 0 Å². The maximum absolute atomic E-state index is 2.39. The summed E-state index contributed by atoms with van der Waals surface area (Å²) in [5, 5.41) is 0. The predicted molar refractivity (Wildman–Crippen MR) is 55.7 cm³/mol. The third-order valence-corrected chi connectivity index (χ3v) is 3.49. The van der Waals surface area contributed by atoms with Crippen molar-refractivity contribution in [2.75, 3.05) is 14.1 Å². The molecule has 0 rings (SSSR count). The largest absolute Gasteiger partial charge is 0.334 e. The van der Waals surface area contributed by atoms with Gasteiger partial charge in [0.05, 0.1) is 9.68 Å². The van der Waals surface area contributed by atoms with Crippen molar-refractivity contribution < 1.29 is 0 Å². The zero-order valence-corrected chi connectivity index (χ0v) is 10.2. The fourth-order valence-electron chi connectivity index (χ4n) is 1.08. The van der Waals surface area contributed by atoms with E-state index < -0.39 is 0 Å². The minimum Gasteiger partial charge on any atom is -0.334 e. The Morgan fingerprint density at radius 3 is 2.09 bits per heavy atom. The molecular formula is C9H23NSi. The van der Waals surface area contributed by atoms with Crippen LogP contribution in [-0.4, -0.2) is 28.3 Å². The lowest BCUT2D eigenvalue weighted by Gasteiger charge is -2.18. The molecule has 0 unspecified atom stereocenters. The van der Waals surface area contributed by atoms with E-state index in [1.54, 1.807) is 0 Å². The summed E-state index contributed by atoms with van der Waals surface area (Å²) in [6, 6.07) is 1.48. The maximum Gasteiger partial charge on any atom is 0.0943 e. The Morgan fingerprint density at radius 1 is 1.18 bits per heavy atom. The first-order chi connectivity index (χ1) is 4.92. The summed E-state index contributed by atoms with van der Waals surface area (Å²) in [4.78, 5) is 0. The average Bonchev–Trinajstić information content (AvgIpc) is 1.78. The highest BCUT2D eigenvalue weighted by Gasteiger charge is 2.08. The van der Waals surface area contributed by atoms with Crippen LogP contribution in [0.2, 0.25) is 6.04 Å². The van der Waals surface area contributed by atoms with Gasteiger partial charge in [0.15, 0.2) is 0 Å². The highest BCUT2D eigenvalue weighted by Crippen LogP contribution is 2.21. The molecule has 0 radical (unpaired) electrons. The van der Waals surface area contributed by atoms with Crippen molar-refractivity contribution in [3.8, 4) is 0 Å². The highest BCUT2D eigenvalue weighted by molar-refractivity contribution is 6.31. The Balaban J connectivity index is 3.15. The topological polar surface area (TPSA) is 3.24 Å². The van der Waals surface area contributed by atoms with Crippen molar-refractivity contribution in [1.82, 2.24) is 4.57 Å². The van der Waals surface area contributed by atoms with Gasteiger partial charge < -0.3 is 4.57 Å². The highest BCUT2D eigenvalue weighted by atomic mass is 28.2. The Hall–Kier alpha value is 0.177. The molecule has 2 heteroatoms. The molecule has 0 fully saturated rings. The number of rotatable bonds is 4. The van der Waals surface area contributed by atoms with E-state index in [9.17, 15) is 0 Å². The van der Waals surface area contributed by atoms with Crippen molar-refractivity contribution >= 4 is 9.68 Å². The average molecular weight is 173 g/mol. The van der Waals surface area contributed by atoms with Gasteiger partial charge in [-0.3, -0.25) is 0 Å². The van der Waals surface area contributed by atoms with Crippen molar-refractivity contribution in [1.29, 1.82) is 0 Å². The zero-order chi connectivity index (χ0) is 8.91.